The first-order valence-corrected chi connectivity index (χ1v) is 11.6. The fourth-order valence-corrected chi connectivity index (χ4v) is 7.17. The van der Waals surface area contributed by atoms with Gasteiger partial charge in [-0.25, -0.2) is 4.79 Å². The Labute approximate surface area is 171 Å². The number of carbonyl (C=O) groups excluding carboxylic acids is 1. The second kappa shape index (κ2) is 7.88. The van der Waals surface area contributed by atoms with E-state index in [1.165, 1.54) is 12.0 Å². The minimum absolute atomic E-state index is 0.00634. The van der Waals surface area contributed by atoms with E-state index in [1.807, 2.05) is 63.0 Å². The van der Waals surface area contributed by atoms with Crippen LogP contribution in [-0.4, -0.2) is 46.5 Å². The molecule has 0 spiro atoms. The molecule has 0 saturated carbocycles. The van der Waals surface area contributed by atoms with Gasteiger partial charge >= 0.3 is 6.09 Å². The molecule has 0 aliphatic carbocycles. The second-order valence-electron chi connectivity index (χ2n) is 8.64. The number of nitrogens with zero attached hydrogens (tertiary/aromatic N) is 1. The van der Waals surface area contributed by atoms with Gasteiger partial charge in [0.05, 0.1) is 16.7 Å². The molecule has 3 rings (SSSR count). The fraction of sp³-hybridized carbons (Fsp3) is 0.667. The summed E-state index contributed by atoms with van der Waals surface area (Å²) in [7, 11) is 0. The summed E-state index contributed by atoms with van der Waals surface area (Å²) in [5, 5.41) is 0. The molecule has 0 bridgehead atoms. The minimum atomic E-state index is -0.658. The molecule has 2 fully saturated rings. The lowest BCUT2D eigenvalue weighted by Gasteiger charge is -2.41. The van der Waals surface area contributed by atoms with E-state index in [9.17, 15) is 4.79 Å². The van der Waals surface area contributed by atoms with E-state index in [-0.39, 0.29) is 16.2 Å². The maximum absolute atomic E-state index is 13.0. The van der Waals surface area contributed by atoms with Gasteiger partial charge in [-0.05, 0) is 64.5 Å². The van der Waals surface area contributed by atoms with E-state index < -0.39 is 11.3 Å². The summed E-state index contributed by atoms with van der Waals surface area (Å²) in [4.78, 5) is 14.8. The van der Waals surface area contributed by atoms with Crippen LogP contribution in [0.1, 0.15) is 53.0 Å². The smallest absolute Gasteiger partial charge is 0.412 e. The Morgan fingerprint density at radius 1 is 1.22 bits per heavy atom. The molecule has 1 aromatic rings. The third-order valence-electron chi connectivity index (χ3n) is 4.84. The van der Waals surface area contributed by atoms with Crippen LogP contribution in [0.4, 0.5) is 4.79 Å². The van der Waals surface area contributed by atoms with Gasteiger partial charge in [0.2, 0.25) is 0 Å². The van der Waals surface area contributed by atoms with Crippen LogP contribution in [0, 0.1) is 0 Å². The lowest BCUT2D eigenvalue weighted by atomic mass is 10.0. The van der Waals surface area contributed by atoms with Crippen molar-refractivity contribution >= 4 is 29.6 Å². The molecule has 2 aliphatic heterocycles. The predicted molar refractivity (Wildman–Crippen MR) is 114 cm³/mol. The van der Waals surface area contributed by atoms with Crippen LogP contribution in [0.15, 0.2) is 30.3 Å². The van der Waals surface area contributed by atoms with Crippen molar-refractivity contribution in [1.82, 2.24) is 4.90 Å². The summed E-state index contributed by atoms with van der Waals surface area (Å²) >= 11 is 4.01. The average Bonchev–Trinajstić information content (AvgIpc) is 2.89. The summed E-state index contributed by atoms with van der Waals surface area (Å²) in [5.41, 5.74) is 0.147. The van der Waals surface area contributed by atoms with Gasteiger partial charge in [0.1, 0.15) is 11.3 Å². The largest absolute Gasteiger partial charge is 0.444 e. The predicted octanol–water partition coefficient (Wildman–Crippen LogP) is 5.47. The van der Waals surface area contributed by atoms with Gasteiger partial charge in [-0.15, -0.1) is 23.5 Å². The van der Waals surface area contributed by atoms with Crippen molar-refractivity contribution in [3.63, 3.8) is 0 Å². The normalized spacial score (nSPS) is 24.6. The maximum atomic E-state index is 13.0. The number of benzene rings is 1. The van der Waals surface area contributed by atoms with Crippen molar-refractivity contribution in [3.05, 3.63) is 35.9 Å². The molecule has 4 nitrogen and oxygen atoms in total. The van der Waals surface area contributed by atoms with Crippen molar-refractivity contribution in [2.75, 3.05) is 18.1 Å². The number of hydrogen-bond acceptors (Lipinski definition) is 5. The summed E-state index contributed by atoms with van der Waals surface area (Å²) in [5.74, 6) is 2.29. The Morgan fingerprint density at radius 2 is 1.85 bits per heavy atom. The monoisotopic (exact) mass is 409 g/mol. The molecule has 1 aromatic carbocycles. The van der Waals surface area contributed by atoms with E-state index >= 15 is 0 Å². The van der Waals surface area contributed by atoms with E-state index in [0.717, 1.165) is 17.9 Å². The van der Waals surface area contributed by atoms with Crippen LogP contribution in [0.5, 0.6) is 0 Å². The Balaban J connectivity index is 1.87. The van der Waals surface area contributed by atoms with Crippen LogP contribution in [-0.2, 0) is 13.6 Å². The number of hydrogen-bond donors (Lipinski definition) is 0. The SMILES string of the molecule is CC(C)(C)OC(=O)N1[C@H](CC2(c3ccccc3)SCCCS2)COC1(C)C. The summed E-state index contributed by atoms with van der Waals surface area (Å²) < 4.78 is 11.7. The maximum Gasteiger partial charge on any atom is 0.412 e. The third-order valence-corrected chi connectivity index (χ3v) is 8.27. The van der Waals surface area contributed by atoms with Crippen LogP contribution in [0.25, 0.3) is 0 Å². The van der Waals surface area contributed by atoms with Crippen molar-refractivity contribution in [2.24, 2.45) is 0 Å². The van der Waals surface area contributed by atoms with Crippen molar-refractivity contribution in [3.8, 4) is 0 Å². The van der Waals surface area contributed by atoms with E-state index in [2.05, 4.69) is 30.3 Å². The number of carbonyl (C=O) groups is 1. The van der Waals surface area contributed by atoms with Crippen molar-refractivity contribution in [1.29, 1.82) is 0 Å². The zero-order valence-electron chi connectivity index (χ0n) is 17.0. The van der Waals surface area contributed by atoms with Gasteiger partial charge < -0.3 is 9.47 Å². The number of thioether (sulfide) groups is 2. The summed E-state index contributed by atoms with van der Waals surface area (Å²) in [6.45, 7) is 10.2. The van der Waals surface area contributed by atoms with Crippen LogP contribution >= 0.6 is 23.5 Å². The molecule has 0 N–H and O–H groups in total. The molecule has 2 aliphatic rings. The standard InChI is InChI=1S/C21H31NO3S2/c1-19(2,3)25-18(23)22-17(15-24-20(22,4)5)14-21(26-12-9-13-27-21)16-10-7-6-8-11-16/h6-8,10-11,17H,9,12-15H2,1-5H3/t17-/m1/s1. The first-order chi connectivity index (χ1) is 12.6. The highest BCUT2D eigenvalue weighted by Gasteiger charge is 2.49. The number of ether oxygens (including phenoxy) is 2. The molecule has 150 valence electrons. The fourth-order valence-electron chi connectivity index (χ4n) is 3.69. The first-order valence-electron chi connectivity index (χ1n) is 9.63. The van der Waals surface area contributed by atoms with Crippen molar-refractivity contribution in [2.45, 2.75) is 68.9 Å². The zero-order valence-corrected chi connectivity index (χ0v) is 18.6. The van der Waals surface area contributed by atoms with E-state index in [0.29, 0.717) is 6.61 Å². The summed E-state index contributed by atoms with van der Waals surface area (Å²) in [6.07, 6.45) is 1.80. The molecule has 6 heteroatoms. The molecule has 0 radical (unpaired) electrons. The molecule has 2 heterocycles. The van der Waals surface area contributed by atoms with Gasteiger partial charge in [0.25, 0.3) is 0 Å². The Morgan fingerprint density at radius 3 is 2.44 bits per heavy atom. The topological polar surface area (TPSA) is 38.8 Å². The molecule has 1 atom stereocenters. The molecule has 1 amide bonds. The molecule has 2 saturated heterocycles. The Kier molecular flexibility index (Phi) is 6.09. The highest BCUT2D eigenvalue weighted by Crippen LogP contribution is 2.54. The number of amides is 1. The average molecular weight is 410 g/mol. The van der Waals surface area contributed by atoms with Crippen LogP contribution in [0.2, 0.25) is 0 Å². The Hall–Kier alpha value is -0.850. The number of rotatable bonds is 3. The summed E-state index contributed by atoms with van der Waals surface area (Å²) in [6, 6.07) is 10.7. The van der Waals surface area contributed by atoms with Gasteiger partial charge in [-0.2, -0.15) is 0 Å². The molecular weight excluding hydrogens is 378 g/mol. The highest BCUT2D eigenvalue weighted by molar-refractivity contribution is 8.18. The first kappa shape index (κ1) is 20.9. The van der Waals surface area contributed by atoms with E-state index in [4.69, 9.17) is 9.47 Å². The quantitative estimate of drug-likeness (QED) is 0.662. The lowest BCUT2D eigenvalue weighted by molar-refractivity contribution is -0.0627. The zero-order chi connectivity index (χ0) is 19.7. The van der Waals surface area contributed by atoms with Crippen LogP contribution in [0.3, 0.4) is 0 Å². The van der Waals surface area contributed by atoms with Gasteiger partial charge in [-0.1, -0.05) is 30.3 Å². The molecular formula is C21H31NO3S2. The van der Waals surface area contributed by atoms with Gasteiger partial charge in [0, 0.05) is 0 Å². The minimum Gasteiger partial charge on any atom is -0.444 e. The third kappa shape index (κ3) is 4.77. The van der Waals surface area contributed by atoms with Crippen molar-refractivity contribution < 1.29 is 14.3 Å². The van der Waals surface area contributed by atoms with Crippen LogP contribution < -0.4 is 0 Å². The van der Waals surface area contributed by atoms with E-state index in [1.54, 1.807) is 0 Å². The second-order valence-corrected chi connectivity index (χ2v) is 11.7. The molecule has 0 unspecified atom stereocenters. The van der Waals surface area contributed by atoms with Gasteiger partial charge in [-0.3, -0.25) is 4.90 Å². The van der Waals surface area contributed by atoms with Gasteiger partial charge in [0.15, 0.2) is 0 Å². The molecule has 0 aromatic heterocycles. The Bertz CT molecular complexity index is 651. The molecule has 27 heavy (non-hydrogen) atoms. The highest BCUT2D eigenvalue weighted by atomic mass is 32.2. The lowest BCUT2D eigenvalue weighted by Crippen LogP contribution is -2.51.